The fraction of sp³-hybridized carbons (Fsp3) is 0.118. The molecule has 3 rings (SSSR count). The maximum Gasteiger partial charge on any atom is 0.237 e. The zero-order valence-electron chi connectivity index (χ0n) is 13.5. The van der Waals surface area contributed by atoms with Crippen LogP contribution in [0.3, 0.4) is 0 Å². The highest BCUT2D eigenvalue weighted by molar-refractivity contribution is 8.00. The fourth-order valence-electron chi connectivity index (χ4n) is 2.11. The van der Waals surface area contributed by atoms with Crippen LogP contribution in [0.5, 0.6) is 0 Å². The van der Waals surface area contributed by atoms with Crippen LogP contribution < -0.4 is 5.32 Å². The van der Waals surface area contributed by atoms with Gasteiger partial charge >= 0.3 is 0 Å². The number of carbonyl (C=O) groups is 1. The highest BCUT2D eigenvalue weighted by Crippen LogP contribution is 2.28. The summed E-state index contributed by atoms with van der Waals surface area (Å²) in [6, 6.07) is 11.1. The van der Waals surface area contributed by atoms with Crippen LogP contribution in [-0.2, 0) is 4.79 Å². The minimum Gasteiger partial charge on any atom is -0.324 e. The maximum atomic E-state index is 13.8. The number of nitrogens with one attached hydrogen (secondary N) is 2. The fourth-order valence-corrected chi connectivity index (χ4v) is 3.17. The zero-order chi connectivity index (χ0) is 18.7. The number of carbonyl (C=O) groups excluding carboxylic acids is 1. The lowest BCUT2D eigenvalue weighted by Crippen LogP contribution is -2.22. The van der Waals surface area contributed by atoms with E-state index < -0.39 is 11.1 Å². The minimum absolute atomic E-state index is 0.281. The molecule has 1 atom stereocenters. The normalized spacial score (nSPS) is 12.0. The minimum atomic E-state index is -0.505. The molecule has 1 aromatic heterocycles. The number of H-pyrrole nitrogens is 1. The summed E-state index contributed by atoms with van der Waals surface area (Å²) >= 11 is 13.1. The van der Waals surface area contributed by atoms with Crippen molar-refractivity contribution in [1.29, 1.82) is 0 Å². The van der Waals surface area contributed by atoms with Crippen LogP contribution in [-0.4, -0.2) is 26.3 Å². The van der Waals surface area contributed by atoms with E-state index >= 15 is 0 Å². The third kappa shape index (κ3) is 4.35. The first-order chi connectivity index (χ1) is 12.4. The van der Waals surface area contributed by atoms with E-state index in [1.165, 1.54) is 6.07 Å². The molecule has 3 aromatic rings. The predicted molar refractivity (Wildman–Crippen MR) is 102 cm³/mol. The lowest BCUT2D eigenvalue weighted by Gasteiger charge is -2.11. The molecule has 0 spiro atoms. The summed E-state index contributed by atoms with van der Waals surface area (Å²) in [6.45, 7) is 1.71. The first-order valence-electron chi connectivity index (χ1n) is 7.54. The second-order valence-corrected chi connectivity index (χ2v) is 7.47. The lowest BCUT2D eigenvalue weighted by atomic mass is 10.2. The van der Waals surface area contributed by atoms with Crippen molar-refractivity contribution in [3.63, 3.8) is 0 Å². The smallest absolute Gasteiger partial charge is 0.237 e. The molecule has 0 fully saturated rings. The zero-order valence-corrected chi connectivity index (χ0v) is 15.8. The van der Waals surface area contributed by atoms with E-state index in [-0.39, 0.29) is 5.91 Å². The van der Waals surface area contributed by atoms with Gasteiger partial charge in [0, 0.05) is 5.02 Å². The van der Waals surface area contributed by atoms with Gasteiger partial charge in [0.2, 0.25) is 11.1 Å². The third-order valence-electron chi connectivity index (χ3n) is 3.43. The number of rotatable bonds is 5. The summed E-state index contributed by atoms with van der Waals surface area (Å²) in [7, 11) is 0. The van der Waals surface area contributed by atoms with Gasteiger partial charge in [-0.3, -0.25) is 9.89 Å². The highest BCUT2D eigenvalue weighted by Gasteiger charge is 2.19. The first kappa shape index (κ1) is 18.7. The molecular formula is C17H13Cl2FN4OS. The number of benzene rings is 2. The molecular weight excluding hydrogens is 398 g/mol. The standard InChI is InChI=1S/C17H13Cl2FN4OS/c1-9(16(25)21-14-8-10(18)6-7-12(14)19)26-17-22-15(23-24-17)11-4-2-3-5-13(11)20/h2-9H,1H3,(H,21,25)(H,22,23,24). The number of anilines is 1. The molecule has 134 valence electrons. The third-order valence-corrected chi connectivity index (χ3v) is 4.96. The predicted octanol–water partition coefficient (Wildman–Crippen LogP) is 5.04. The van der Waals surface area contributed by atoms with E-state index in [9.17, 15) is 9.18 Å². The summed E-state index contributed by atoms with van der Waals surface area (Å²) < 4.78 is 13.8. The van der Waals surface area contributed by atoms with Crippen LogP contribution >= 0.6 is 35.0 Å². The van der Waals surface area contributed by atoms with Gasteiger partial charge in [0.1, 0.15) is 5.82 Å². The molecule has 2 aromatic carbocycles. The Morgan fingerprint density at radius 2 is 2.04 bits per heavy atom. The molecule has 0 bridgehead atoms. The van der Waals surface area contributed by atoms with Crippen LogP contribution in [0.4, 0.5) is 10.1 Å². The number of aromatic nitrogens is 3. The van der Waals surface area contributed by atoms with Crippen molar-refractivity contribution in [1.82, 2.24) is 15.2 Å². The number of hydrogen-bond acceptors (Lipinski definition) is 4. The maximum absolute atomic E-state index is 13.8. The number of aromatic amines is 1. The van der Waals surface area contributed by atoms with Crippen LogP contribution in [0.1, 0.15) is 6.92 Å². The Kier molecular flexibility index (Phi) is 5.80. The average Bonchev–Trinajstić information content (AvgIpc) is 3.06. The Labute approximate surface area is 163 Å². The summed E-state index contributed by atoms with van der Waals surface area (Å²) in [4.78, 5) is 16.6. The lowest BCUT2D eigenvalue weighted by molar-refractivity contribution is -0.115. The van der Waals surface area contributed by atoms with Gasteiger partial charge in [-0.1, -0.05) is 47.1 Å². The van der Waals surface area contributed by atoms with Gasteiger partial charge in [-0.25, -0.2) is 9.37 Å². The summed E-state index contributed by atoms with van der Waals surface area (Å²) in [6.07, 6.45) is 0. The Morgan fingerprint density at radius 3 is 2.81 bits per heavy atom. The summed E-state index contributed by atoms with van der Waals surface area (Å²) in [5, 5.41) is 10.1. The SMILES string of the molecule is CC(Sc1n[nH]c(-c2ccccc2F)n1)C(=O)Nc1cc(Cl)ccc1Cl. The number of hydrogen-bond donors (Lipinski definition) is 2. The van der Waals surface area contributed by atoms with Crippen LogP contribution in [0.25, 0.3) is 11.4 Å². The number of thioether (sulfide) groups is 1. The van der Waals surface area contributed by atoms with Gasteiger partial charge in [0.15, 0.2) is 5.82 Å². The number of halogens is 3. The van der Waals surface area contributed by atoms with Crippen molar-refractivity contribution in [3.05, 3.63) is 58.3 Å². The molecule has 2 N–H and O–H groups in total. The van der Waals surface area contributed by atoms with Crippen molar-refractivity contribution >= 4 is 46.6 Å². The Balaban J connectivity index is 1.68. The molecule has 1 amide bonds. The second kappa shape index (κ2) is 8.07. The molecule has 0 saturated heterocycles. The molecule has 26 heavy (non-hydrogen) atoms. The van der Waals surface area contributed by atoms with Crippen LogP contribution in [0.2, 0.25) is 10.0 Å². The second-order valence-electron chi connectivity index (χ2n) is 5.32. The van der Waals surface area contributed by atoms with Crippen LogP contribution in [0, 0.1) is 5.82 Å². The number of amides is 1. The monoisotopic (exact) mass is 410 g/mol. The van der Waals surface area contributed by atoms with E-state index in [0.717, 1.165) is 11.8 Å². The van der Waals surface area contributed by atoms with Crippen LogP contribution in [0.15, 0.2) is 47.6 Å². The molecule has 9 heteroatoms. The topological polar surface area (TPSA) is 70.7 Å². The van der Waals surface area contributed by atoms with Crippen molar-refractivity contribution in [2.24, 2.45) is 0 Å². The summed E-state index contributed by atoms with van der Waals surface area (Å²) in [5.41, 5.74) is 0.744. The van der Waals surface area contributed by atoms with E-state index in [4.69, 9.17) is 23.2 Å². The molecule has 1 unspecified atom stereocenters. The van der Waals surface area contributed by atoms with Gasteiger partial charge in [-0.05, 0) is 37.3 Å². The first-order valence-corrected chi connectivity index (χ1v) is 9.17. The van der Waals surface area contributed by atoms with Crippen molar-refractivity contribution < 1.29 is 9.18 Å². The summed E-state index contributed by atoms with van der Waals surface area (Å²) in [5.74, 6) is -0.380. The van der Waals surface area contributed by atoms with Gasteiger partial charge < -0.3 is 5.32 Å². The average molecular weight is 411 g/mol. The van der Waals surface area contributed by atoms with Gasteiger partial charge in [-0.2, -0.15) is 0 Å². The van der Waals surface area contributed by atoms with Crippen molar-refractivity contribution in [2.75, 3.05) is 5.32 Å². The van der Waals surface area contributed by atoms with E-state index in [2.05, 4.69) is 20.5 Å². The van der Waals surface area contributed by atoms with Gasteiger partial charge in [-0.15, -0.1) is 5.10 Å². The van der Waals surface area contributed by atoms with E-state index in [1.54, 1.807) is 43.3 Å². The Hall–Kier alpha value is -2.09. The molecule has 0 aliphatic carbocycles. The molecule has 0 saturated carbocycles. The Morgan fingerprint density at radius 1 is 1.27 bits per heavy atom. The van der Waals surface area contributed by atoms with Gasteiger partial charge in [0.25, 0.3) is 0 Å². The van der Waals surface area contributed by atoms with Crippen molar-refractivity contribution in [2.45, 2.75) is 17.3 Å². The van der Waals surface area contributed by atoms with Gasteiger partial charge in [0.05, 0.1) is 21.5 Å². The largest absolute Gasteiger partial charge is 0.324 e. The van der Waals surface area contributed by atoms with E-state index in [1.807, 2.05) is 0 Å². The molecule has 0 aliphatic rings. The van der Waals surface area contributed by atoms with E-state index in [0.29, 0.717) is 32.3 Å². The quantitative estimate of drug-likeness (QED) is 0.578. The molecule has 0 aliphatic heterocycles. The Bertz CT molecular complexity index is 950. The highest BCUT2D eigenvalue weighted by atomic mass is 35.5. The van der Waals surface area contributed by atoms with Crippen molar-refractivity contribution in [3.8, 4) is 11.4 Å². The molecule has 0 radical (unpaired) electrons. The number of nitrogens with zero attached hydrogens (tertiary/aromatic N) is 2. The molecule has 5 nitrogen and oxygen atoms in total. The molecule has 1 heterocycles.